The Bertz CT molecular complexity index is 539. The van der Waals surface area contributed by atoms with Crippen LogP contribution in [0.1, 0.15) is 49.0 Å². The second-order valence-corrected chi connectivity index (χ2v) is 6.37. The zero-order valence-corrected chi connectivity index (χ0v) is 14.9. The molecule has 25 heavy (non-hydrogen) atoms. The molecule has 0 amide bonds. The standard InChI is InChI=1S/C19H28O6/c1-3-15-6-8-16(9-7-15)18(24)14(2)25-17(23)5-4-10-19(11-20,12-21)13-22/h6-9,14,20-22H,3-5,10-13H2,1-2H3/t14-/m0/s1. The van der Waals surface area contributed by atoms with Crippen molar-refractivity contribution in [2.24, 2.45) is 5.41 Å². The lowest BCUT2D eigenvalue weighted by molar-refractivity contribution is -0.146. The van der Waals surface area contributed by atoms with Gasteiger partial charge in [0.25, 0.3) is 0 Å². The first-order valence-corrected chi connectivity index (χ1v) is 8.56. The quantitative estimate of drug-likeness (QED) is 0.412. The molecule has 6 heteroatoms. The predicted molar refractivity (Wildman–Crippen MR) is 93.2 cm³/mol. The number of esters is 1. The number of ketones is 1. The number of carbonyl (C=O) groups is 2. The first-order valence-electron chi connectivity index (χ1n) is 8.56. The summed E-state index contributed by atoms with van der Waals surface area (Å²) in [6.07, 6.45) is 0.682. The fraction of sp³-hybridized carbons (Fsp3) is 0.579. The largest absolute Gasteiger partial charge is 0.454 e. The monoisotopic (exact) mass is 352 g/mol. The maximum Gasteiger partial charge on any atom is 0.306 e. The first-order chi connectivity index (χ1) is 11.9. The van der Waals surface area contributed by atoms with Crippen LogP contribution in [-0.2, 0) is 16.0 Å². The Morgan fingerprint density at radius 2 is 1.64 bits per heavy atom. The summed E-state index contributed by atoms with van der Waals surface area (Å²) in [6, 6.07) is 7.20. The van der Waals surface area contributed by atoms with Crippen molar-refractivity contribution in [2.45, 2.75) is 45.6 Å². The molecule has 1 rings (SSSR count). The molecule has 6 nitrogen and oxygen atoms in total. The number of rotatable bonds is 11. The molecule has 0 heterocycles. The molecule has 1 aromatic carbocycles. The summed E-state index contributed by atoms with van der Waals surface area (Å²) >= 11 is 0. The minimum atomic E-state index is -0.997. The third-order valence-electron chi connectivity index (χ3n) is 4.42. The second kappa shape index (κ2) is 10.3. The van der Waals surface area contributed by atoms with E-state index >= 15 is 0 Å². The van der Waals surface area contributed by atoms with Crippen molar-refractivity contribution < 1.29 is 29.6 Å². The van der Waals surface area contributed by atoms with Crippen LogP contribution in [-0.4, -0.2) is 53.0 Å². The zero-order chi connectivity index (χ0) is 18.9. The Balaban J connectivity index is 2.48. The van der Waals surface area contributed by atoms with E-state index in [0.29, 0.717) is 12.0 Å². The molecule has 140 valence electrons. The van der Waals surface area contributed by atoms with Crippen LogP contribution in [0.25, 0.3) is 0 Å². The number of hydrogen-bond donors (Lipinski definition) is 3. The van der Waals surface area contributed by atoms with Crippen LogP contribution in [0.2, 0.25) is 0 Å². The highest BCUT2D eigenvalue weighted by molar-refractivity contribution is 6.00. The summed E-state index contributed by atoms with van der Waals surface area (Å²) in [7, 11) is 0. The minimum Gasteiger partial charge on any atom is -0.454 e. The lowest BCUT2D eigenvalue weighted by Crippen LogP contribution is -2.34. The molecular formula is C19H28O6. The minimum absolute atomic E-state index is 0.0497. The van der Waals surface area contributed by atoms with E-state index in [-0.39, 0.29) is 38.4 Å². The van der Waals surface area contributed by atoms with E-state index < -0.39 is 17.5 Å². The highest BCUT2D eigenvalue weighted by Gasteiger charge is 2.28. The Labute approximate surface area is 148 Å². The van der Waals surface area contributed by atoms with E-state index in [1.165, 1.54) is 6.92 Å². The summed E-state index contributed by atoms with van der Waals surface area (Å²) in [5.41, 5.74) is 0.627. The second-order valence-electron chi connectivity index (χ2n) is 6.37. The molecule has 0 unspecified atom stereocenters. The van der Waals surface area contributed by atoms with Gasteiger partial charge in [-0.2, -0.15) is 0 Å². The molecule has 0 saturated heterocycles. The molecule has 1 atom stereocenters. The van der Waals surface area contributed by atoms with Crippen LogP contribution in [0.3, 0.4) is 0 Å². The smallest absolute Gasteiger partial charge is 0.306 e. The van der Waals surface area contributed by atoms with Crippen LogP contribution in [0.5, 0.6) is 0 Å². The van der Waals surface area contributed by atoms with E-state index in [0.717, 1.165) is 12.0 Å². The number of aliphatic hydroxyl groups excluding tert-OH is 3. The van der Waals surface area contributed by atoms with Crippen molar-refractivity contribution in [1.29, 1.82) is 0 Å². The molecule has 0 aliphatic carbocycles. The first kappa shape index (κ1) is 21.3. The molecule has 0 bridgehead atoms. The Morgan fingerprint density at radius 1 is 1.08 bits per heavy atom. The Hall–Kier alpha value is -1.76. The van der Waals surface area contributed by atoms with Gasteiger partial charge in [-0.1, -0.05) is 31.2 Å². The highest BCUT2D eigenvalue weighted by Crippen LogP contribution is 2.23. The molecular weight excluding hydrogens is 324 g/mol. The van der Waals surface area contributed by atoms with Gasteiger partial charge >= 0.3 is 5.97 Å². The van der Waals surface area contributed by atoms with Gasteiger partial charge in [-0.25, -0.2) is 0 Å². The van der Waals surface area contributed by atoms with Crippen molar-refractivity contribution in [3.8, 4) is 0 Å². The SMILES string of the molecule is CCc1ccc(C(=O)[C@H](C)OC(=O)CCCC(CO)(CO)CO)cc1. The fourth-order valence-electron chi connectivity index (χ4n) is 2.44. The van der Waals surface area contributed by atoms with Gasteiger partial charge in [-0.3, -0.25) is 9.59 Å². The van der Waals surface area contributed by atoms with Crippen LogP contribution < -0.4 is 0 Å². The molecule has 0 spiro atoms. The van der Waals surface area contributed by atoms with Crippen molar-refractivity contribution in [2.75, 3.05) is 19.8 Å². The van der Waals surface area contributed by atoms with Gasteiger partial charge < -0.3 is 20.1 Å². The normalized spacial score (nSPS) is 12.7. The molecule has 0 aliphatic rings. The fourth-order valence-corrected chi connectivity index (χ4v) is 2.44. The van der Waals surface area contributed by atoms with Crippen molar-refractivity contribution in [1.82, 2.24) is 0 Å². The van der Waals surface area contributed by atoms with Gasteiger partial charge in [-0.15, -0.1) is 0 Å². The van der Waals surface area contributed by atoms with E-state index in [9.17, 15) is 24.9 Å². The van der Waals surface area contributed by atoms with Crippen molar-refractivity contribution >= 4 is 11.8 Å². The molecule has 0 aromatic heterocycles. The summed E-state index contributed by atoms with van der Waals surface area (Å²) in [6.45, 7) is 2.47. The van der Waals surface area contributed by atoms with Crippen molar-refractivity contribution in [3.05, 3.63) is 35.4 Å². The Morgan fingerprint density at radius 3 is 2.12 bits per heavy atom. The van der Waals surface area contributed by atoms with Gasteiger partial charge in [0.1, 0.15) is 0 Å². The van der Waals surface area contributed by atoms with Gasteiger partial charge in [-0.05, 0) is 31.7 Å². The summed E-state index contributed by atoms with van der Waals surface area (Å²) in [5.74, 6) is -0.778. The molecule has 0 aliphatic heterocycles. The van der Waals surface area contributed by atoms with Gasteiger partial charge in [0.05, 0.1) is 19.8 Å². The van der Waals surface area contributed by atoms with Crippen LogP contribution in [0.4, 0.5) is 0 Å². The molecule has 0 radical (unpaired) electrons. The zero-order valence-electron chi connectivity index (χ0n) is 14.9. The van der Waals surface area contributed by atoms with Crippen molar-refractivity contribution in [3.63, 3.8) is 0 Å². The molecule has 0 saturated carbocycles. The number of ether oxygens (including phenoxy) is 1. The van der Waals surface area contributed by atoms with E-state index in [1.54, 1.807) is 12.1 Å². The van der Waals surface area contributed by atoms with E-state index in [1.807, 2.05) is 19.1 Å². The lowest BCUT2D eigenvalue weighted by Gasteiger charge is -2.27. The van der Waals surface area contributed by atoms with Gasteiger partial charge in [0, 0.05) is 17.4 Å². The lowest BCUT2D eigenvalue weighted by atomic mass is 9.85. The summed E-state index contributed by atoms with van der Waals surface area (Å²) < 4.78 is 5.16. The predicted octanol–water partition coefficient (Wildman–Crippen LogP) is 1.50. The average Bonchev–Trinajstić information content (AvgIpc) is 2.65. The number of Topliss-reactive ketones (excluding diaryl/α,β-unsaturated/α-hetero) is 1. The number of aryl methyl sites for hydroxylation is 1. The topological polar surface area (TPSA) is 104 Å². The number of benzene rings is 1. The highest BCUT2D eigenvalue weighted by atomic mass is 16.5. The average molecular weight is 352 g/mol. The maximum atomic E-state index is 12.3. The third kappa shape index (κ3) is 6.23. The van der Waals surface area contributed by atoms with Gasteiger partial charge in [0.15, 0.2) is 6.10 Å². The summed E-state index contributed by atoms with van der Waals surface area (Å²) in [5, 5.41) is 27.7. The molecule has 0 fully saturated rings. The Kier molecular flexibility index (Phi) is 8.75. The number of aliphatic hydroxyl groups is 3. The molecule has 3 N–H and O–H groups in total. The van der Waals surface area contributed by atoms with E-state index in [4.69, 9.17) is 4.74 Å². The third-order valence-corrected chi connectivity index (χ3v) is 4.42. The maximum absolute atomic E-state index is 12.3. The number of carbonyl (C=O) groups excluding carboxylic acids is 2. The number of hydrogen-bond acceptors (Lipinski definition) is 6. The summed E-state index contributed by atoms with van der Waals surface area (Å²) in [4.78, 5) is 24.2. The van der Waals surface area contributed by atoms with Gasteiger partial charge in [0.2, 0.25) is 5.78 Å². The molecule has 1 aromatic rings. The van der Waals surface area contributed by atoms with Crippen LogP contribution in [0, 0.1) is 5.41 Å². The van der Waals surface area contributed by atoms with Crippen LogP contribution >= 0.6 is 0 Å². The van der Waals surface area contributed by atoms with Crippen LogP contribution in [0.15, 0.2) is 24.3 Å². The van der Waals surface area contributed by atoms with E-state index in [2.05, 4.69) is 0 Å².